The van der Waals surface area contributed by atoms with Crippen LogP contribution in [0.1, 0.15) is 32.1 Å². The Labute approximate surface area is 145 Å². The van der Waals surface area contributed by atoms with Gasteiger partial charge in [-0.25, -0.2) is 0 Å². The Bertz CT molecular complexity index is 763. The zero-order chi connectivity index (χ0) is 17.8. The number of aromatic nitrogens is 3. The molecular weight excluding hydrogens is 322 g/mol. The number of carbonyl (C=O) groups is 2. The molecule has 1 aliphatic heterocycles. The van der Waals surface area contributed by atoms with E-state index in [-0.39, 0.29) is 17.9 Å². The second-order valence-electron chi connectivity index (χ2n) is 6.08. The number of nitrogens with zero attached hydrogens (tertiary/aromatic N) is 3. The number of methoxy groups -OCH3 is 1. The fourth-order valence-electron chi connectivity index (χ4n) is 2.82. The van der Waals surface area contributed by atoms with Crippen LogP contribution in [0.3, 0.4) is 0 Å². The largest absolute Gasteiger partial charge is 0.383 e. The first-order chi connectivity index (χ1) is 12.1. The number of hydrogen-bond donors (Lipinski definition) is 2. The zero-order valence-electron chi connectivity index (χ0n) is 14.3. The third-order valence-electron chi connectivity index (χ3n) is 4.01. The number of hydrogen-bond acceptors (Lipinski definition) is 5. The molecule has 0 unspecified atom stereocenters. The topological polar surface area (TPSA) is 98.1 Å². The number of rotatable bonds is 6. The molecule has 0 aromatic carbocycles. The van der Waals surface area contributed by atoms with Gasteiger partial charge < -0.3 is 15.4 Å². The van der Waals surface area contributed by atoms with Crippen LogP contribution in [0.2, 0.25) is 0 Å². The summed E-state index contributed by atoms with van der Waals surface area (Å²) in [6, 6.07) is 3.53. The van der Waals surface area contributed by atoms with E-state index in [1.54, 1.807) is 36.3 Å². The molecule has 2 aromatic heterocycles. The molecule has 0 saturated heterocycles. The summed E-state index contributed by atoms with van der Waals surface area (Å²) in [5, 5.41) is 10.0. The maximum absolute atomic E-state index is 12.3. The van der Waals surface area contributed by atoms with Gasteiger partial charge in [0.15, 0.2) is 0 Å². The van der Waals surface area contributed by atoms with Crippen LogP contribution in [0, 0.1) is 6.92 Å². The summed E-state index contributed by atoms with van der Waals surface area (Å²) in [6.45, 7) is 3.35. The number of pyridine rings is 1. The van der Waals surface area contributed by atoms with Crippen molar-refractivity contribution in [2.45, 2.75) is 25.9 Å². The van der Waals surface area contributed by atoms with Crippen LogP contribution in [0.25, 0.3) is 0 Å². The molecule has 0 saturated carbocycles. The smallest absolute Gasteiger partial charge is 0.271 e. The van der Waals surface area contributed by atoms with Crippen molar-refractivity contribution in [3.05, 3.63) is 47.0 Å². The molecule has 2 amide bonds. The van der Waals surface area contributed by atoms with E-state index in [4.69, 9.17) is 4.74 Å². The normalized spacial score (nSPS) is 15.7. The highest BCUT2D eigenvalue weighted by Crippen LogP contribution is 2.16. The van der Waals surface area contributed by atoms with Crippen molar-refractivity contribution in [3.63, 3.8) is 0 Å². The van der Waals surface area contributed by atoms with Crippen LogP contribution >= 0.6 is 0 Å². The van der Waals surface area contributed by atoms with Crippen molar-refractivity contribution in [1.82, 2.24) is 25.4 Å². The monoisotopic (exact) mass is 343 g/mol. The first-order valence-corrected chi connectivity index (χ1v) is 8.13. The Morgan fingerprint density at radius 1 is 1.32 bits per heavy atom. The van der Waals surface area contributed by atoms with Crippen molar-refractivity contribution in [3.8, 4) is 0 Å². The average molecular weight is 343 g/mol. The fourth-order valence-corrected chi connectivity index (χ4v) is 2.82. The van der Waals surface area contributed by atoms with Crippen LogP contribution in [0.15, 0.2) is 24.5 Å². The van der Waals surface area contributed by atoms with Crippen molar-refractivity contribution in [2.75, 3.05) is 20.3 Å². The molecule has 3 rings (SSSR count). The van der Waals surface area contributed by atoms with Gasteiger partial charge in [0, 0.05) is 38.2 Å². The molecule has 0 aliphatic carbocycles. The molecule has 0 bridgehead atoms. The van der Waals surface area contributed by atoms with Crippen LogP contribution in [-0.2, 0) is 17.7 Å². The van der Waals surface area contributed by atoms with Gasteiger partial charge in [-0.2, -0.15) is 5.10 Å². The Morgan fingerprint density at radius 3 is 2.88 bits per heavy atom. The lowest BCUT2D eigenvalue weighted by Crippen LogP contribution is -2.36. The van der Waals surface area contributed by atoms with Gasteiger partial charge in [0.25, 0.3) is 11.8 Å². The molecular formula is C17H21N5O3. The average Bonchev–Trinajstić information content (AvgIpc) is 3.13. The minimum Gasteiger partial charge on any atom is -0.383 e. The Kier molecular flexibility index (Phi) is 5.08. The van der Waals surface area contributed by atoms with Gasteiger partial charge in [0.2, 0.25) is 0 Å². The van der Waals surface area contributed by atoms with Gasteiger partial charge in [-0.15, -0.1) is 0 Å². The van der Waals surface area contributed by atoms with E-state index in [1.807, 2.05) is 6.92 Å². The summed E-state index contributed by atoms with van der Waals surface area (Å²) < 4.78 is 6.67. The molecule has 1 aliphatic rings. The molecule has 3 heterocycles. The second kappa shape index (κ2) is 7.43. The van der Waals surface area contributed by atoms with Gasteiger partial charge in [-0.05, 0) is 24.6 Å². The van der Waals surface area contributed by atoms with E-state index in [0.717, 1.165) is 11.3 Å². The van der Waals surface area contributed by atoms with Crippen LogP contribution in [0.5, 0.6) is 0 Å². The third kappa shape index (κ3) is 4.03. The lowest BCUT2D eigenvalue weighted by Gasteiger charge is -2.12. The van der Waals surface area contributed by atoms with E-state index in [0.29, 0.717) is 37.4 Å². The quantitative estimate of drug-likeness (QED) is 0.736. The summed E-state index contributed by atoms with van der Waals surface area (Å²) in [5.74, 6) is -0.366. The van der Waals surface area contributed by atoms with Crippen molar-refractivity contribution < 1.29 is 14.3 Å². The molecule has 132 valence electrons. The predicted molar refractivity (Wildman–Crippen MR) is 90.4 cm³/mol. The lowest BCUT2D eigenvalue weighted by atomic mass is 10.1. The van der Waals surface area contributed by atoms with E-state index >= 15 is 0 Å². The first kappa shape index (κ1) is 17.1. The minimum atomic E-state index is -0.217. The molecule has 2 aromatic rings. The van der Waals surface area contributed by atoms with Gasteiger partial charge >= 0.3 is 0 Å². The molecule has 2 N–H and O–H groups in total. The van der Waals surface area contributed by atoms with E-state index < -0.39 is 0 Å². The third-order valence-corrected chi connectivity index (χ3v) is 4.01. The summed E-state index contributed by atoms with van der Waals surface area (Å²) >= 11 is 0. The SMILES string of the molecule is COCCNC(=O)c1cc2n(n1)C[C@@H](NC(=O)c1cncc(C)c1)C2. The van der Waals surface area contributed by atoms with Crippen LogP contribution < -0.4 is 10.6 Å². The van der Waals surface area contributed by atoms with Crippen LogP contribution in [-0.4, -0.2) is 52.9 Å². The first-order valence-electron chi connectivity index (χ1n) is 8.13. The van der Waals surface area contributed by atoms with Crippen molar-refractivity contribution >= 4 is 11.8 Å². The molecule has 8 nitrogen and oxygen atoms in total. The number of amides is 2. The van der Waals surface area contributed by atoms with Gasteiger partial charge in [0.05, 0.1) is 24.8 Å². The van der Waals surface area contributed by atoms with E-state index in [1.165, 1.54) is 0 Å². The Hall–Kier alpha value is -2.74. The summed E-state index contributed by atoms with van der Waals surface area (Å²) in [4.78, 5) is 28.3. The molecule has 8 heteroatoms. The molecule has 1 atom stereocenters. The Balaban J connectivity index is 1.56. The highest BCUT2D eigenvalue weighted by Gasteiger charge is 2.26. The highest BCUT2D eigenvalue weighted by atomic mass is 16.5. The highest BCUT2D eigenvalue weighted by molar-refractivity contribution is 5.94. The molecule has 0 spiro atoms. The van der Waals surface area contributed by atoms with Crippen molar-refractivity contribution in [1.29, 1.82) is 0 Å². The number of aryl methyl sites for hydroxylation is 1. The van der Waals surface area contributed by atoms with Crippen molar-refractivity contribution in [2.24, 2.45) is 0 Å². The maximum Gasteiger partial charge on any atom is 0.271 e. The molecule has 0 radical (unpaired) electrons. The lowest BCUT2D eigenvalue weighted by molar-refractivity contribution is 0.0921. The number of carbonyl (C=O) groups excluding carboxylic acids is 2. The summed E-state index contributed by atoms with van der Waals surface area (Å²) in [7, 11) is 1.58. The maximum atomic E-state index is 12.3. The number of nitrogens with one attached hydrogen (secondary N) is 2. The van der Waals surface area contributed by atoms with Crippen LogP contribution in [0.4, 0.5) is 0 Å². The number of ether oxygens (including phenoxy) is 1. The predicted octanol–water partition coefficient (Wildman–Crippen LogP) is 0.317. The number of fused-ring (bicyclic) bond motifs is 1. The summed E-state index contributed by atoms with van der Waals surface area (Å²) in [5.41, 5.74) is 2.81. The molecule has 25 heavy (non-hydrogen) atoms. The van der Waals surface area contributed by atoms with Gasteiger partial charge in [-0.3, -0.25) is 19.3 Å². The zero-order valence-corrected chi connectivity index (χ0v) is 14.3. The van der Waals surface area contributed by atoms with Gasteiger partial charge in [0.1, 0.15) is 5.69 Å². The van der Waals surface area contributed by atoms with E-state index in [9.17, 15) is 9.59 Å². The standard InChI is InChI=1S/C17H21N5O3/c1-11-5-12(9-18-8-11)16(23)20-13-6-14-7-15(21-22(14)10-13)17(24)19-3-4-25-2/h5,7-9,13H,3-4,6,10H2,1-2H3,(H,19,24)(H,20,23)/t13-/m0/s1. The van der Waals surface area contributed by atoms with Gasteiger partial charge in [-0.1, -0.05) is 0 Å². The van der Waals surface area contributed by atoms with E-state index in [2.05, 4.69) is 20.7 Å². The Morgan fingerprint density at radius 2 is 2.16 bits per heavy atom. The second-order valence-corrected chi connectivity index (χ2v) is 6.08. The molecule has 0 fully saturated rings. The summed E-state index contributed by atoms with van der Waals surface area (Å²) in [6.07, 6.45) is 3.91. The fraction of sp³-hybridized carbons (Fsp3) is 0.412. The minimum absolute atomic E-state index is 0.0406.